The van der Waals surface area contributed by atoms with E-state index in [1.165, 1.54) is 6.42 Å². The average molecular weight is 123 g/mol. The van der Waals surface area contributed by atoms with Crippen molar-refractivity contribution in [2.75, 3.05) is 0 Å². The van der Waals surface area contributed by atoms with Crippen molar-refractivity contribution in [3.05, 3.63) is 6.92 Å². The third-order valence-corrected chi connectivity index (χ3v) is 0.354. The molecule has 0 saturated carbocycles. The zero-order valence-electron chi connectivity index (χ0n) is 6.70. The molecule has 0 rings (SSSR count). The molecule has 0 atom stereocenters. The normalized spacial score (nSPS) is 6.00. The summed E-state index contributed by atoms with van der Waals surface area (Å²) in [7, 11) is 0.750. The molecule has 45 valence electrons. The molecule has 0 nitrogen and oxygen atoms in total. The molecule has 0 aliphatic heterocycles. The molecule has 2 heteroatoms. The molecule has 0 amide bonds. The summed E-state index contributed by atoms with van der Waals surface area (Å²) in [6, 6.07) is 0. The largest absolute Gasteiger partial charge is 1.00 e. The molecule has 0 aromatic rings. The van der Waals surface area contributed by atoms with Crippen LogP contribution in [0.5, 0.6) is 0 Å². The molecule has 8 heavy (non-hydrogen) atoms. The number of unbranched alkanes of at least 4 members (excludes halogenated alkanes) is 1. The minimum absolute atomic E-state index is 0. The van der Waals surface area contributed by atoms with Gasteiger partial charge < -0.3 is 6.92 Å². The van der Waals surface area contributed by atoms with Crippen molar-refractivity contribution in [1.82, 2.24) is 0 Å². The molecule has 0 unspecified atom stereocenters. The second kappa shape index (κ2) is 24.9. The molecular formula is C6H16LiSi. The fraction of sp³-hybridized carbons (Fsp3) is 0.833. The standard InChI is InChI=1S/C4H9.C2H7Si.Li/c1-3-4-2;1-3-2;/h1,3-4H2,2H3;3H,1-2H3;/q-1;;+1. The van der Waals surface area contributed by atoms with Crippen LogP contribution in [-0.4, -0.2) is 9.52 Å². The van der Waals surface area contributed by atoms with Crippen LogP contribution < -0.4 is 18.9 Å². The van der Waals surface area contributed by atoms with E-state index in [1.807, 2.05) is 0 Å². The maximum Gasteiger partial charge on any atom is 1.00 e. The number of hydrogen-bond acceptors (Lipinski definition) is 0. The Morgan fingerprint density at radius 2 is 1.50 bits per heavy atom. The molecule has 0 aliphatic carbocycles. The Balaban J connectivity index is -0.0000000575. The smallest absolute Gasteiger partial charge is 0.343 e. The number of rotatable bonds is 1. The van der Waals surface area contributed by atoms with E-state index < -0.39 is 0 Å². The van der Waals surface area contributed by atoms with Gasteiger partial charge in [-0.15, -0.1) is 0 Å². The van der Waals surface area contributed by atoms with E-state index in [0.717, 1.165) is 15.9 Å². The van der Waals surface area contributed by atoms with Crippen LogP contribution in [0.4, 0.5) is 0 Å². The summed E-state index contributed by atoms with van der Waals surface area (Å²) in [4.78, 5) is 0. The van der Waals surface area contributed by atoms with Crippen LogP contribution in [0.3, 0.4) is 0 Å². The van der Waals surface area contributed by atoms with Gasteiger partial charge in [0.2, 0.25) is 0 Å². The van der Waals surface area contributed by atoms with Crippen LogP contribution in [-0.2, 0) is 0 Å². The Kier molecular flexibility index (Phi) is 49.6. The zero-order valence-corrected chi connectivity index (χ0v) is 7.85. The van der Waals surface area contributed by atoms with Crippen LogP contribution in [0, 0.1) is 6.92 Å². The second-order valence-electron chi connectivity index (χ2n) is 1.43. The van der Waals surface area contributed by atoms with Gasteiger partial charge >= 0.3 is 18.9 Å². The topological polar surface area (TPSA) is 0 Å². The quantitative estimate of drug-likeness (QED) is 0.314. The zero-order chi connectivity index (χ0) is 6.12. The predicted octanol–water partition coefficient (Wildman–Crippen LogP) is -0.856. The first-order valence-corrected chi connectivity index (χ1v) is 5.17. The first kappa shape index (κ1) is 15.9. The van der Waals surface area contributed by atoms with Gasteiger partial charge in [0.25, 0.3) is 0 Å². The minimum Gasteiger partial charge on any atom is -0.343 e. The van der Waals surface area contributed by atoms with Gasteiger partial charge in [-0.05, 0) is 0 Å². The third kappa shape index (κ3) is 70.0. The van der Waals surface area contributed by atoms with E-state index in [0.29, 0.717) is 0 Å². The Bertz CT molecular complexity index is 16.0. The molecule has 0 bridgehead atoms. The summed E-state index contributed by atoms with van der Waals surface area (Å²) < 4.78 is 0. The first-order chi connectivity index (χ1) is 3.33. The summed E-state index contributed by atoms with van der Waals surface area (Å²) in [5.41, 5.74) is 0. The Hall–Kier alpha value is 0.814. The molecule has 0 heterocycles. The van der Waals surface area contributed by atoms with Crippen molar-refractivity contribution in [2.24, 2.45) is 0 Å². The summed E-state index contributed by atoms with van der Waals surface area (Å²) in [6.45, 7) is 10.1. The summed E-state index contributed by atoms with van der Waals surface area (Å²) in [5.74, 6) is 0. The van der Waals surface area contributed by atoms with Crippen molar-refractivity contribution in [2.45, 2.75) is 32.9 Å². The molecule has 0 fully saturated rings. The molecule has 0 aromatic heterocycles. The molecule has 0 N–H and O–H groups in total. The summed E-state index contributed by atoms with van der Waals surface area (Å²) >= 11 is 0. The molecule has 0 aromatic carbocycles. The van der Waals surface area contributed by atoms with E-state index in [2.05, 4.69) is 26.9 Å². The summed E-state index contributed by atoms with van der Waals surface area (Å²) in [5, 5.41) is 0. The molecular weight excluding hydrogens is 107 g/mol. The van der Waals surface area contributed by atoms with E-state index in [9.17, 15) is 0 Å². The van der Waals surface area contributed by atoms with Gasteiger partial charge in [-0.3, -0.25) is 0 Å². The van der Waals surface area contributed by atoms with Crippen molar-refractivity contribution in [3.8, 4) is 0 Å². The van der Waals surface area contributed by atoms with Crippen LogP contribution in [0.15, 0.2) is 0 Å². The average Bonchev–Trinajstić information content (AvgIpc) is 1.69. The maximum atomic E-state index is 3.60. The molecule has 0 spiro atoms. The van der Waals surface area contributed by atoms with Crippen LogP contribution >= 0.6 is 0 Å². The van der Waals surface area contributed by atoms with Gasteiger partial charge in [0.1, 0.15) is 0 Å². The Labute approximate surface area is 68.4 Å². The van der Waals surface area contributed by atoms with E-state index >= 15 is 0 Å². The van der Waals surface area contributed by atoms with Crippen molar-refractivity contribution in [3.63, 3.8) is 0 Å². The minimum atomic E-state index is 0. The predicted molar refractivity (Wildman–Crippen MR) is 39.1 cm³/mol. The first-order valence-electron chi connectivity index (χ1n) is 2.86. The van der Waals surface area contributed by atoms with Gasteiger partial charge in [-0.1, -0.05) is 26.4 Å². The Morgan fingerprint density at radius 1 is 1.38 bits per heavy atom. The van der Waals surface area contributed by atoms with Crippen molar-refractivity contribution in [1.29, 1.82) is 0 Å². The van der Waals surface area contributed by atoms with Gasteiger partial charge in [0, 0.05) is 9.52 Å². The van der Waals surface area contributed by atoms with Crippen molar-refractivity contribution < 1.29 is 18.9 Å². The van der Waals surface area contributed by atoms with Gasteiger partial charge in [-0.2, -0.15) is 6.42 Å². The van der Waals surface area contributed by atoms with Gasteiger partial charge in [0.15, 0.2) is 0 Å². The summed E-state index contributed by atoms with van der Waals surface area (Å²) in [6.07, 6.45) is 2.28. The van der Waals surface area contributed by atoms with Gasteiger partial charge in [-0.25, -0.2) is 0 Å². The third-order valence-electron chi connectivity index (χ3n) is 0.354. The second-order valence-corrected chi connectivity index (χ2v) is 2.59. The van der Waals surface area contributed by atoms with E-state index in [1.54, 1.807) is 0 Å². The van der Waals surface area contributed by atoms with E-state index in [-0.39, 0.29) is 18.9 Å². The fourth-order valence-corrected chi connectivity index (χ4v) is 0. The number of hydrogen-bond donors (Lipinski definition) is 0. The Morgan fingerprint density at radius 3 is 1.50 bits per heavy atom. The van der Waals surface area contributed by atoms with Crippen molar-refractivity contribution >= 4 is 9.52 Å². The van der Waals surface area contributed by atoms with E-state index in [4.69, 9.17) is 0 Å². The molecule has 1 radical (unpaired) electrons. The molecule has 0 aliphatic rings. The van der Waals surface area contributed by atoms with Crippen LogP contribution in [0.25, 0.3) is 0 Å². The molecule has 0 saturated heterocycles. The fourth-order valence-electron chi connectivity index (χ4n) is 0. The SMILES string of the molecule is C[SiH]C.[CH2-]CCC.[Li+]. The monoisotopic (exact) mass is 123 g/mol. The van der Waals surface area contributed by atoms with Gasteiger partial charge in [0.05, 0.1) is 0 Å². The van der Waals surface area contributed by atoms with Crippen LogP contribution in [0.1, 0.15) is 19.8 Å². The van der Waals surface area contributed by atoms with Crippen LogP contribution in [0.2, 0.25) is 13.1 Å². The maximum absolute atomic E-state index is 3.60.